The maximum absolute atomic E-state index is 9.96. The normalized spacial score (nSPS) is 19.2. The van der Waals surface area contributed by atoms with Gasteiger partial charge in [-0.15, -0.1) is 0 Å². The molecule has 0 aromatic carbocycles. The zero-order valence-electron chi connectivity index (χ0n) is 7.66. The van der Waals surface area contributed by atoms with Gasteiger partial charge in [-0.1, -0.05) is 0 Å². The van der Waals surface area contributed by atoms with Crippen molar-refractivity contribution in [2.75, 3.05) is 7.11 Å². The molecule has 0 aliphatic heterocycles. The maximum atomic E-state index is 9.96. The highest BCUT2D eigenvalue weighted by Crippen LogP contribution is 2.40. The van der Waals surface area contributed by atoms with E-state index in [1.165, 1.54) is 0 Å². The summed E-state index contributed by atoms with van der Waals surface area (Å²) in [4.78, 5) is 4.06. The van der Waals surface area contributed by atoms with Crippen molar-refractivity contribution in [3.05, 3.63) is 23.9 Å². The van der Waals surface area contributed by atoms with Crippen LogP contribution in [0.4, 0.5) is 0 Å². The van der Waals surface area contributed by atoms with E-state index < -0.39 is 5.60 Å². The molecule has 1 aliphatic rings. The van der Waals surface area contributed by atoms with E-state index in [1.807, 2.05) is 6.07 Å². The van der Waals surface area contributed by atoms with Crippen molar-refractivity contribution in [1.29, 1.82) is 0 Å². The fraction of sp³-hybridized carbons (Fsp3) is 0.500. The number of ether oxygens (including phenoxy) is 1. The number of hydrogen-bond acceptors (Lipinski definition) is 3. The molecule has 3 heteroatoms. The molecule has 1 fully saturated rings. The number of nitrogens with zero attached hydrogens (tertiary/aromatic N) is 1. The van der Waals surface area contributed by atoms with Crippen LogP contribution in [0.3, 0.4) is 0 Å². The molecular formula is C10H13NO2. The lowest BCUT2D eigenvalue weighted by molar-refractivity contribution is -0.0391. The van der Waals surface area contributed by atoms with Crippen LogP contribution in [-0.4, -0.2) is 17.2 Å². The van der Waals surface area contributed by atoms with Gasteiger partial charge in [-0.3, -0.25) is 0 Å². The lowest BCUT2D eigenvalue weighted by atomic mass is 9.76. The molecule has 0 unspecified atom stereocenters. The zero-order chi connectivity index (χ0) is 9.31. The van der Waals surface area contributed by atoms with Crippen molar-refractivity contribution >= 4 is 0 Å². The lowest BCUT2D eigenvalue weighted by Crippen LogP contribution is -2.33. The van der Waals surface area contributed by atoms with E-state index in [0.29, 0.717) is 5.88 Å². The summed E-state index contributed by atoms with van der Waals surface area (Å²) in [6.45, 7) is 0. The molecule has 0 atom stereocenters. The van der Waals surface area contributed by atoms with E-state index in [1.54, 1.807) is 19.4 Å². The van der Waals surface area contributed by atoms with Gasteiger partial charge < -0.3 is 9.84 Å². The Labute approximate surface area is 77.4 Å². The first-order valence-electron chi connectivity index (χ1n) is 4.47. The third kappa shape index (κ3) is 1.40. The number of rotatable bonds is 2. The van der Waals surface area contributed by atoms with Crippen LogP contribution in [0.15, 0.2) is 18.3 Å². The number of aliphatic hydroxyl groups is 1. The Bertz CT molecular complexity index is 290. The largest absolute Gasteiger partial charge is 0.481 e. The smallest absolute Gasteiger partial charge is 0.212 e. The number of pyridine rings is 1. The first-order valence-corrected chi connectivity index (χ1v) is 4.47. The summed E-state index contributed by atoms with van der Waals surface area (Å²) in [7, 11) is 1.58. The third-order valence-corrected chi connectivity index (χ3v) is 2.66. The van der Waals surface area contributed by atoms with Gasteiger partial charge >= 0.3 is 0 Å². The predicted molar refractivity (Wildman–Crippen MR) is 48.5 cm³/mol. The molecule has 0 spiro atoms. The molecule has 0 saturated heterocycles. The summed E-state index contributed by atoms with van der Waals surface area (Å²) < 4.78 is 4.94. The highest BCUT2D eigenvalue weighted by molar-refractivity contribution is 5.25. The molecule has 13 heavy (non-hydrogen) atoms. The van der Waals surface area contributed by atoms with Crippen molar-refractivity contribution in [2.24, 2.45) is 0 Å². The van der Waals surface area contributed by atoms with Crippen molar-refractivity contribution < 1.29 is 9.84 Å². The second kappa shape index (κ2) is 3.00. The SMILES string of the molecule is COc1ccc(C2(O)CCC2)cn1. The molecule has 1 aromatic heterocycles. The van der Waals surface area contributed by atoms with Crippen molar-refractivity contribution in [3.63, 3.8) is 0 Å². The van der Waals surface area contributed by atoms with Gasteiger partial charge in [0, 0.05) is 17.8 Å². The average Bonchev–Trinajstić information content (AvgIpc) is 2.14. The van der Waals surface area contributed by atoms with Crippen LogP contribution in [-0.2, 0) is 5.60 Å². The Morgan fingerprint density at radius 1 is 1.46 bits per heavy atom. The molecule has 0 amide bonds. The number of hydrogen-bond donors (Lipinski definition) is 1. The lowest BCUT2D eigenvalue weighted by Gasteiger charge is -2.36. The summed E-state index contributed by atoms with van der Waals surface area (Å²) in [5, 5.41) is 9.96. The molecule has 0 bridgehead atoms. The Morgan fingerprint density at radius 3 is 2.62 bits per heavy atom. The second-order valence-corrected chi connectivity index (χ2v) is 3.47. The van der Waals surface area contributed by atoms with E-state index in [4.69, 9.17) is 4.74 Å². The first-order chi connectivity index (χ1) is 6.24. The quantitative estimate of drug-likeness (QED) is 0.747. The van der Waals surface area contributed by atoms with Gasteiger partial charge in [-0.05, 0) is 25.3 Å². The number of methoxy groups -OCH3 is 1. The van der Waals surface area contributed by atoms with Gasteiger partial charge in [0.25, 0.3) is 0 Å². The minimum Gasteiger partial charge on any atom is -0.481 e. The minimum absolute atomic E-state index is 0.590. The summed E-state index contributed by atoms with van der Waals surface area (Å²) in [6, 6.07) is 3.66. The van der Waals surface area contributed by atoms with Crippen LogP contribution in [0.1, 0.15) is 24.8 Å². The molecule has 1 heterocycles. The summed E-state index contributed by atoms with van der Waals surface area (Å²) in [5.74, 6) is 0.590. The fourth-order valence-corrected chi connectivity index (χ4v) is 1.58. The van der Waals surface area contributed by atoms with Gasteiger partial charge in [-0.2, -0.15) is 0 Å². The van der Waals surface area contributed by atoms with Crippen molar-refractivity contribution in [2.45, 2.75) is 24.9 Å². The summed E-state index contributed by atoms with van der Waals surface area (Å²) in [5.41, 5.74) is 0.291. The Morgan fingerprint density at radius 2 is 2.23 bits per heavy atom. The van der Waals surface area contributed by atoms with Crippen LogP contribution in [0.2, 0.25) is 0 Å². The third-order valence-electron chi connectivity index (χ3n) is 2.66. The summed E-state index contributed by atoms with van der Waals surface area (Å²) in [6.07, 6.45) is 4.49. The average molecular weight is 179 g/mol. The maximum Gasteiger partial charge on any atom is 0.212 e. The van der Waals surface area contributed by atoms with Gasteiger partial charge in [0.05, 0.1) is 12.7 Å². The Balaban J connectivity index is 2.22. The van der Waals surface area contributed by atoms with E-state index in [2.05, 4.69) is 4.98 Å². The molecule has 1 N–H and O–H groups in total. The van der Waals surface area contributed by atoms with E-state index >= 15 is 0 Å². The highest BCUT2D eigenvalue weighted by Gasteiger charge is 2.36. The van der Waals surface area contributed by atoms with E-state index in [0.717, 1.165) is 24.8 Å². The first kappa shape index (κ1) is 8.51. The van der Waals surface area contributed by atoms with Crippen molar-refractivity contribution in [3.8, 4) is 5.88 Å². The van der Waals surface area contributed by atoms with Crippen LogP contribution in [0, 0.1) is 0 Å². The molecule has 3 nitrogen and oxygen atoms in total. The zero-order valence-corrected chi connectivity index (χ0v) is 7.66. The second-order valence-electron chi connectivity index (χ2n) is 3.47. The van der Waals surface area contributed by atoms with Crippen LogP contribution < -0.4 is 4.74 Å². The van der Waals surface area contributed by atoms with Gasteiger partial charge in [0.2, 0.25) is 5.88 Å². The molecule has 2 rings (SSSR count). The Hall–Kier alpha value is -1.09. The molecule has 1 saturated carbocycles. The standard InChI is InChI=1S/C10H13NO2/c1-13-9-4-3-8(7-11-9)10(12)5-2-6-10/h3-4,7,12H,2,5-6H2,1H3. The molecular weight excluding hydrogens is 166 g/mol. The van der Waals surface area contributed by atoms with Crippen LogP contribution >= 0.6 is 0 Å². The molecule has 1 aromatic rings. The topological polar surface area (TPSA) is 42.4 Å². The van der Waals surface area contributed by atoms with E-state index in [-0.39, 0.29) is 0 Å². The van der Waals surface area contributed by atoms with Crippen LogP contribution in [0.5, 0.6) is 5.88 Å². The van der Waals surface area contributed by atoms with E-state index in [9.17, 15) is 5.11 Å². The van der Waals surface area contributed by atoms with Crippen molar-refractivity contribution in [1.82, 2.24) is 4.98 Å². The molecule has 70 valence electrons. The highest BCUT2D eigenvalue weighted by atomic mass is 16.5. The Kier molecular flexibility index (Phi) is 1.96. The van der Waals surface area contributed by atoms with Gasteiger partial charge in [-0.25, -0.2) is 4.98 Å². The summed E-state index contributed by atoms with van der Waals surface area (Å²) >= 11 is 0. The van der Waals surface area contributed by atoms with Gasteiger partial charge in [0.1, 0.15) is 0 Å². The van der Waals surface area contributed by atoms with Crippen LogP contribution in [0.25, 0.3) is 0 Å². The fourth-order valence-electron chi connectivity index (χ4n) is 1.58. The molecule has 1 aliphatic carbocycles. The minimum atomic E-state index is -0.612. The predicted octanol–water partition coefficient (Wildman–Crippen LogP) is 1.46. The molecule has 0 radical (unpaired) electrons. The number of aromatic nitrogens is 1. The monoisotopic (exact) mass is 179 g/mol. The van der Waals surface area contributed by atoms with Gasteiger partial charge in [0.15, 0.2) is 0 Å².